The van der Waals surface area contributed by atoms with Crippen molar-refractivity contribution in [2.45, 2.75) is 0 Å². The Bertz CT molecular complexity index is 1070. The van der Waals surface area contributed by atoms with Crippen molar-refractivity contribution in [3.05, 3.63) is 83.2 Å². The van der Waals surface area contributed by atoms with E-state index in [1.54, 1.807) is 54.9 Å². The number of phenolic OH excluding ortho intramolecular Hbond substituents is 1. The van der Waals surface area contributed by atoms with Crippen molar-refractivity contribution in [2.75, 3.05) is 0 Å². The maximum absolute atomic E-state index is 13.3. The first kappa shape index (κ1) is 15.5. The molecule has 0 saturated heterocycles. The van der Waals surface area contributed by atoms with Crippen LogP contribution in [0.2, 0.25) is 0 Å². The monoisotopic (exact) mass is 349 g/mol. The van der Waals surface area contributed by atoms with Gasteiger partial charge in [0, 0.05) is 33.6 Å². The summed E-state index contributed by atoms with van der Waals surface area (Å²) in [6.07, 6.45) is 3.15. The molecule has 2 heterocycles. The SMILES string of the molecule is O=C(c1ccncc1)c1sc2cc(O)ccc2c1-c1ccc(F)cc1. The highest BCUT2D eigenvalue weighted by Gasteiger charge is 2.21. The quantitative estimate of drug-likeness (QED) is 0.527. The highest BCUT2D eigenvalue weighted by atomic mass is 32.1. The molecular weight excluding hydrogens is 337 g/mol. The van der Waals surface area contributed by atoms with E-state index in [9.17, 15) is 14.3 Å². The summed E-state index contributed by atoms with van der Waals surface area (Å²) in [4.78, 5) is 17.5. The number of halogens is 1. The molecule has 3 nitrogen and oxygen atoms in total. The lowest BCUT2D eigenvalue weighted by Crippen LogP contribution is -2.00. The molecule has 5 heteroatoms. The smallest absolute Gasteiger partial charge is 0.203 e. The second-order valence-corrected chi connectivity index (χ2v) is 6.61. The van der Waals surface area contributed by atoms with Crippen molar-refractivity contribution in [1.82, 2.24) is 4.98 Å². The molecule has 122 valence electrons. The lowest BCUT2D eigenvalue weighted by atomic mass is 9.98. The molecule has 0 spiro atoms. The first-order valence-corrected chi connectivity index (χ1v) is 8.41. The van der Waals surface area contributed by atoms with E-state index in [-0.39, 0.29) is 17.3 Å². The van der Waals surface area contributed by atoms with Crippen molar-refractivity contribution in [1.29, 1.82) is 0 Å². The van der Waals surface area contributed by atoms with Crippen molar-refractivity contribution in [2.24, 2.45) is 0 Å². The molecule has 0 aliphatic carbocycles. The number of benzene rings is 2. The van der Waals surface area contributed by atoms with Gasteiger partial charge in [0.2, 0.25) is 5.78 Å². The number of carbonyl (C=O) groups is 1. The average Bonchev–Trinajstić information content (AvgIpc) is 3.01. The standard InChI is InChI=1S/C20H12FNO2S/c21-14-3-1-12(2-4-14)18-16-6-5-15(23)11-17(16)25-20(18)19(24)13-7-9-22-10-8-13/h1-11,23H. The van der Waals surface area contributed by atoms with Gasteiger partial charge >= 0.3 is 0 Å². The highest BCUT2D eigenvalue weighted by Crippen LogP contribution is 2.41. The third-order valence-electron chi connectivity index (χ3n) is 3.96. The zero-order chi connectivity index (χ0) is 17.4. The maximum atomic E-state index is 13.3. The second-order valence-electron chi connectivity index (χ2n) is 5.56. The fourth-order valence-electron chi connectivity index (χ4n) is 2.78. The summed E-state index contributed by atoms with van der Waals surface area (Å²) >= 11 is 1.32. The Morgan fingerprint density at radius 1 is 1.00 bits per heavy atom. The molecule has 0 radical (unpaired) electrons. The van der Waals surface area contributed by atoms with Gasteiger partial charge in [-0.05, 0) is 48.0 Å². The number of ketones is 1. The number of aromatic hydroxyl groups is 1. The zero-order valence-corrected chi connectivity index (χ0v) is 13.8. The highest BCUT2D eigenvalue weighted by molar-refractivity contribution is 7.21. The molecule has 0 unspecified atom stereocenters. The molecule has 0 aliphatic rings. The van der Waals surface area contributed by atoms with E-state index >= 15 is 0 Å². The molecule has 0 saturated carbocycles. The molecule has 0 bridgehead atoms. The number of nitrogens with zero attached hydrogens (tertiary/aromatic N) is 1. The number of hydrogen-bond acceptors (Lipinski definition) is 4. The van der Waals surface area contributed by atoms with E-state index in [1.807, 2.05) is 0 Å². The van der Waals surface area contributed by atoms with Crippen molar-refractivity contribution < 1.29 is 14.3 Å². The van der Waals surface area contributed by atoms with Gasteiger partial charge in [-0.1, -0.05) is 12.1 Å². The number of thiophene rings is 1. The van der Waals surface area contributed by atoms with Crippen LogP contribution in [0.15, 0.2) is 67.0 Å². The molecular formula is C20H12FNO2S. The van der Waals surface area contributed by atoms with Gasteiger partial charge in [0.05, 0.1) is 4.88 Å². The van der Waals surface area contributed by atoms with Gasteiger partial charge in [-0.15, -0.1) is 11.3 Å². The number of pyridine rings is 1. The summed E-state index contributed by atoms with van der Waals surface area (Å²) < 4.78 is 14.1. The fraction of sp³-hybridized carbons (Fsp3) is 0. The Morgan fingerprint density at radius 3 is 2.44 bits per heavy atom. The molecule has 0 amide bonds. The van der Waals surface area contributed by atoms with Crippen molar-refractivity contribution in [3.63, 3.8) is 0 Å². The average molecular weight is 349 g/mol. The lowest BCUT2D eigenvalue weighted by Gasteiger charge is -2.05. The molecule has 0 aliphatic heterocycles. The number of aromatic nitrogens is 1. The molecule has 25 heavy (non-hydrogen) atoms. The van der Waals surface area contributed by atoms with Gasteiger partial charge in [-0.25, -0.2) is 4.39 Å². The summed E-state index contributed by atoms with van der Waals surface area (Å²) in [5.74, 6) is -0.312. The Balaban J connectivity index is 1.98. The van der Waals surface area contributed by atoms with Gasteiger partial charge in [0.15, 0.2) is 0 Å². The summed E-state index contributed by atoms with van der Waals surface area (Å²) in [5.41, 5.74) is 2.05. The second kappa shape index (κ2) is 6.11. The van der Waals surface area contributed by atoms with Crippen LogP contribution in [0.25, 0.3) is 21.2 Å². The van der Waals surface area contributed by atoms with Crippen LogP contribution >= 0.6 is 11.3 Å². The van der Waals surface area contributed by atoms with Crippen LogP contribution in [0.1, 0.15) is 15.2 Å². The third kappa shape index (κ3) is 2.79. The molecule has 4 rings (SSSR count). The molecule has 2 aromatic heterocycles. The largest absolute Gasteiger partial charge is 0.508 e. The minimum absolute atomic E-state index is 0.123. The van der Waals surface area contributed by atoms with E-state index in [4.69, 9.17) is 0 Å². The zero-order valence-electron chi connectivity index (χ0n) is 12.9. The summed E-state index contributed by atoms with van der Waals surface area (Å²) in [5, 5.41) is 10.6. The van der Waals surface area contributed by atoms with Gasteiger partial charge < -0.3 is 5.11 Å². The van der Waals surface area contributed by atoms with Crippen LogP contribution in [0.4, 0.5) is 4.39 Å². The predicted octanol–water partition coefficient (Wildman–Crippen LogP) is 5.04. The molecule has 1 N–H and O–H groups in total. The Labute approximate surface area is 147 Å². The molecule has 4 aromatic rings. The van der Waals surface area contributed by atoms with Gasteiger partial charge in [-0.3, -0.25) is 9.78 Å². The van der Waals surface area contributed by atoms with Crippen LogP contribution in [-0.4, -0.2) is 15.9 Å². The fourth-order valence-corrected chi connectivity index (χ4v) is 4.00. The number of rotatable bonds is 3. The van der Waals surface area contributed by atoms with Gasteiger partial charge in [-0.2, -0.15) is 0 Å². The van der Waals surface area contributed by atoms with E-state index < -0.39 is 0 Å². The number of fused-ring (bicyclic) bond motifs is 1. The van der Waals surface area contributed by atoms with E-state index in [0.717, 1.165) is 21.2 Å². The number of hydrogen-bond donors (Lipinski definition) is 1. The van der Waals surface area contributed by atoms with Crippen molar-refractivity contribution in [3.8, 4) is 16.9 Å². The minimum Gasteiger partial charge on any atom is -0.508 e. The third-order valence-corrected chi connectivity index (χ3v) is 5.11. The topological polar surface area (TPSA) is 50.2 Å². The lowest BCUT2D eigenvalue weighted by molar-refractivity contribution is 0.104. The Morgan fingerprint density at radius 2 is 1.72 bits per heavy atom. The van der Waals surface area contributed by atoms with Crippen LogP contribution in [0.3, 0.4) is 0 Å². The number of carbonyl (C=O) groups excluding carboxylic acids is 1. The molecule has 0 fully saturated rings. The summed E-state index contributed by atoms with van der Waals surface area (Å²) in [6, 6.07) is 14.4. The van der Waals surface area contributed by atoms with Gasteiger partial charge in [0.1, 0.15) is 11.6 Å². The maximum Gasteiger partial charge on any atom is 0.203 e. The van der Waals surface area contributed by atoms with E-state index in [2.05, 4.69) is 4.98 Å². The Hall–Kier alpha value is -3.05. The number of phenols is 1. The summed E-state index contributed by atoms with van der Waals surface area (Å²) in [7, 11) is 0. The van der Waals surface area contributed by atoms with Crippen LogP contribution < -0.4 is 0 Å². The Kier molecular flexibility index (Phi) is 3.78. The minimum atomic E-state index is -0.331. The van der Waals surface area contributed by atoms with Crippen molar-refractivity contribution >= 4 is 27.2 Å². The van der Waals surface area contributed by atoms with Crippen LogP contribution in [-0.2, 0) is 0 Å². The first-order valence-electron chi connectivity index (χ1n) is 7.59. The van der Waals surface area contributed by atoms with Gasteiger partial charge in [0.25, 0.3) is 0 Å². The van der Waals surface area contributed by atoms with Crippen LogP contribution in [0, 0.1) is 5.82 Å². The van der Waals surface area contributed by atoms with Crippen LogP contribution in [0.5, 0.6) is 5.75 Å². The predicted molar refractivity (Wildman–Crippen MR) is 96.6 cm³/mol. The van der Waals surface area contributed by atoms with E-state index in [0.29, 0.717) is 10.4 Å². The summed E-state index contributed by atoms with van der Waals surface area (Å²) in [6.45, 7) is 0. The van der Waals surface area contributed by atoms with E-state index in [1.165, 1.54) is 23.5 Å². The normalized spacial score (nSPS) is 10.9. The molecule has 0 atom stereocenters. The molecule has 2 aromatic carbocycles. The first-order chi connectivity index (χ1) is 12.1.